The Morgan fingerprint density at radius 3 is 2.47 bits per heavy atom. The minimum Gasteiger partial charge on any atom is -0.324 e. The lowest BCUT2D eigenvalue weighted by Gasteiger charge is -2.26. The summed E-state index contributed by atoms with van der Waals surface area (Å²) in [6.07, 6.45) is 2.76. The monoisotopic (exact) mass is 473 g/mol. The van der Waals surface area contributed by atoms with Crippen molar-refractivity contribution in [2.45, 2.75) is 37.1 Å². The normalized spacial score (nSPS) is 19.7. The average Bonchev–Trinajstić information content (AvgIpc) is 3.31. The summed E-state index contributed by atoms with van der Waals surface area (Å²) in [6.45, 7) is 2.87. The zero-order valence-electron chi connectivity index (χ0n) is 18.0. The van der Waals surface area contributed by atoms with Crippen LogP contribution in [0, 0.1) is 6.92 Å². The maximum Gasteiger partial charge on any atom is 0.255 e. The molecule has 0 bridgehead atoms. The van der Waals surface area contributed by atoms with Gasteiger partial charge in [0.15, 0.2) is 0 Å². The molecule has 4 rings (SSSR count). The summed E-state index contributed by atoms with van der Waals surface area (Å²) in [7, 11) is -3.60. The van der Waals surface area contributed by atoms with Crippen molar-refractivity contribution >= 4 is 39.3 Å². The Kier molecular flexibility index (Phi) is 6.88. The Bertz CT molecular complexity index is 1100. The number of anilines is 1. The maximum absolute atomic E-state index is 13.1. The molecule has 9 heteroatoms. The van der Waals surface area contributed by atoms with E-state index in [2.05, 4.69) is 5.32 Å². The van der Waals surface area contributed by atoms with Crippen LogP contribution >= 0.6 is 11.8 Å². The third-order valence-electron chi connectivity index (χ3n) is 5.89. The van der Waals surface area contributed by atoms with Gasteiger partial charge in [-0.2, -0.15) is 4.31 Å². The number of hydrogen-bond donors (Lipinski definition) is 1. The Morgan fingerprint density at radius 1 is 1.03 bits per heavy atom. The van der Waals surface area contributed by atoms with E-state index in [0.717, 1.165) is 24.8 Å². The first-order chi connectivity index (χ1) is 15.4. The standard InChI is InChI=1S/C23H27N3O4S2/c1-17-10-11-19(32(29,30)25-12-6-3-7-13-25)14-20(17)24-22(27)21-15-31-16-26(21)23(28)18-8-4-2-5-9-18/h2,4-5,8-11,14,21H,3,6-7,12-13,15-16H2,1H3,(H,24,27)/t21-/m0/s1. The molecule has 1 N–H and O–H groups in total. The molecule has 1 atom stereocenters. The Hall–Kier alpha value is -2.36. The van der Waals surface area contributed by atoms with E-state index >= 15 is 0 Å². The number of sulfonamides is 1. The number of hydrogen-bond acceptors (Lipinski definition) is 5. The number of amides is 2. The van der Waals surface area contributed by atoms with Crippen molar-refractivity contribution < 1.29 is 18.0 Å². The number of nitrogens with one attached hydrogen (secondary N) is 1. The molecule has 2 amide bonds. The van der Waals surface area contributed by atoms with E-state index in [1.807, 2.05) is 13.0 Å². The summed E-state index contributed by atoms with van der Waals surface area (Å²) < 4.78 is 27.6. The summed E-state index contributed by atoms with van der Waals surface area (Å²) in [5.41, 5.74) is 1.76. The lowest BCUT2D eigenvalue weighted by molar-refractivity contribution is -0.119. The van der Waals surface area contributed by atoms with Crippen molar-refractivity contribution in [2.24, 2.45) is 0 Å². The van der Waals surface area contributed by atoms with Crippen LogP contribution in [0.5, 0.6) is 0 Å². The third-order valence-corrected chi connectivity index (χ3v) is 8.79. The topological polar surface area (TPSA) is 86.8 Å². The fourth-order valence-corrected chi connectivity index (χ4v) is 6.67. The highest BCUT2D eigenvalue weighted by molar-refractivity contribution is 7.99. The molecule has 0 spiro atoms. The number of nitrogens with zero attached hydrogens (tertiary/aromatic N) is 2. The molecule has 0 saturated carbocycles. The first-order valence-corrected chi connectivity index (χ1v) is 13.3. The first-order valence-electron chi connectivity index (χ1n) is 10.7. The van der Waals surface area contributed by atoms with Crippen LogP contribution in [0.2, 0.25) is 0 Å². The van der Waals surface area contributed by atoms with Gasteiger partial charge in [-0.05, 0) is 49.6 Å². The molecule has 7 nitrogen and oxygen atoms in total. The van der Waals surface area contributed by atoms with Gasteiger partial charge in [-0.3, -0.25) is 9.59 Å². The predicted octanol–water partition coefficient (Wildman–Crippen LogP) is 3.32. The van der Waals surface area contributed by atoms with Gasteiger partial charge in [0.05, 0.1) is 10.8 Å². The summed E-state index contributed by atoms with van der Waals surface area (Å²) in [6, 6.07) is 13.1. The van der Waals surface area contributed by atoms with Crippen LogP contribution in [0.25, 0.3) is 0 Å². The van der Waals surface area contributed by atoms with Crippen molar-refractivity contribution in [1.82, 2.24) is 9.21 Å². The SMILES string of the molecule is Cc1ccc(S(=O)(=O)N2CCCCC2)cc1NC(=O)[C@@H]1CSCN1C(=O)c1ccccc1. The molecule has 0 unspecified atom stereocenters. The molecule has 2 fully saturated rings. The highest BCUT2D eigenvalue weighted by atomic mass is 32.2. The largest absolute Gasteiger partial charge is 0.324 e. The summed E-state index contributed by atoms with van der Waals surface area (Å²) in [4.78, 5) is 27.7. The van der Waals surface area contributed by atoms with Gasteiger partial charge in [0.2, 0.25) is 15.9 Å². The number of aryl methyl sites for hydroxylation is 1. The van der Waals surface area contributed by atoms with Gasteiger partial charge in [-0.1, -0.05) is 30.7 Å². The van der Waals surface area contributed by atoms with E-state index in [0.29, 0.717) is 36.0 Å². The molecule has 2 aliphatic heterocycles. The summed E-state index contributed by atoms with van der Waals surface area (Å²) in [5, 5.41) is 2.87. The van der Waals surface area contributed by atoms with E-state index < -0.39 is 16.1 Å². The van der Waals surface area contributed by atoms with Crippen LogP contribution in [-0.2, 0) is 14.8 Å². The smallest absolute Gasteiger partial charge is 0.255 e. The second kappa shape index (κ2) is 9.64. The van der Waals surface area contributed by atoms with Gasteiger partial charge in [0, 0.05) is 30.1 Å². The number of thioether (sulfide) groups is 1. The number of rotatable bonds is 5. The van der Waals surface area contributed by atoms with Crippen LogP contribution in [0.1, 0.15) is 35.2 Å². The van der Waals surface area contributed by atoms with E-state index in [1.54, 1.807) is 41.3 Å². The molecule has 0 radical (unpaired) electrons. The molecular formula is C23H27N3O4S2. The van der Waals surface area contributed by atoms with Gasteiger partial charge >= 0.3 is 0 Å². The zero-order valence-corrected chi connectivity index (χ0v) is 19.6. The van der Waals surface area contributed by atoms with Crippen molar-refractivity contribution in [1.29, 1.82) is 0 Å². The van der Waals surface area contributed by atoms with E-state index in [-0.39, 0.29) is 16.7 Å². The number of piperidine rings is 1. The summed E-state index contributed by atoms with van der Waals surface area (Å²) in [5.74, 6) is 0.437. The number of carbonyl (C=O) groups is 2. The van der Waals surface area contributed by atoms with Gasteiger partial charge in [-0.15, -0.1) is 11.8 Å². The van der Waals surface area contributed by atoms with Crippen molar-refractivity contribution in [3.05, 3.63) is 59.7 Å². The van der Waals surface area contributed by atoms with Crippen LogP contribution in [0.15, 0.2) is 53.4 Å². The molecule has 0 aliphatic carbocycles. The fraction of sp³-hybridized carbons (Fsp3) is 0.391. The molecule has 2 saturated heterocycles. The molecular weight excluding hydrogens is 446 g/mol. The Morgan fingerprint density at radius 2 is 1.75 bits per heavy atom. The Balaban J connectivity index is 1.53. The molecule has 0 aromatic heterocycles. The van der Waals surface area contributed by atoms with Crippen molar-refractivity contribution in [3.63, 3.8) is 0 Å². The van der Waals surface area contributed by atoms with Gasteiger partial charge in [0.1, 0.15) is 6.04 Å². The molecule has 2 heterocycles. The van der Waals surface area contributed by atoms with Crippen LogP contribution < -0.4 is 5.32 Å². The maximum atomic E-state index is 13.1. The predicted molar refractivity (Wildman–Crippen MR) is 126 cm³/mol. The lowest BCUT2D eigenvalue weighted by atomic mass is 10.1. The zero-order chi connectivity index (χ0) is 22.7. The highest BCUT2D eigenvalue weighted by Crippen LogP contribution is 2.28. The third kappa shape index (κ3) is 4.69. The quantitative estimate of drug-likeness (QED) is 0.720. The Labute approximate surface area is 193 Å². The van der Waals surface area contributed by atoms with Crippen molar-refractivity contribution in [3.8, 4) is 0 Å². The van der Waals surface area contributed by atoms with E-state index in [1.165, 1.54) is 22.1 Å². The fourth-order valence-electron chi connectivity index (χ4n) is 3.97. The van der Waals surface area contributed by atoms with Gasteiger partial charge in [-0.25, -0.2) is 8.42 Å². The molecule has 2 aromatic rings. The minimum atomic E-state index is -3.60. The lowest BCUT2D eigenvalue weighted by Crippen LogP contribution is -2.44. The number of benzene rings is 2. The van der Waals surface area contributed by atoms with E-state index in [4.69, 9.17) is 0 Å². The molecule has 2 aromatic carbocycles. The second-order valence-corrected chi connectivity index (χ2v) is 11.0. The van der Waals surface area contributed by atoms with Crippen LogP contribution in [-0.4, -0.2) is 60.2 Å². The molecule has 2 aliphatic rings. The van der Waals surface area contributed by atoms with Crippen molar-refractivity contribution in [2.75, 3.05) is 30.0 Å². The van der Waals surface area contributed by atoms with Gasteiger partial charge in [0.25, 0.3) is 5.91 Å². The minimum absolute atomic E-state index is 0.179. The van der Waals surface area contributed by atoms with Crippen LogP contribution in [0.4, 0.5) is 5.69 Å². The molecule has 32 heavy (non-hydrogen) atoms. The van der Waals surface area contributed by atoms with E-state index in [9.17, 15) is 18.0 Å². The first kappa shape index (κ1) is 22.8. The summed E-state index contributed by atoms with van der Waals surface area (Å²) >= 11 is 1.52. The number of carbonyl (C=O) groups excluding carboxylic acids is 2. The second-order valence-electron chi connectivity index (χ2n) is 8.09. The highest BCUT2D eigenvalue weighted by Gasteiger charge is 2.35. The van der Waals surface area contributed by atoms with Gasteiger partial charge < -0.3 is 10.2 Å². The van der Waals surface area contributed by atoms with Crippen LogP contribution in [0.3, 0.4) is 0 Å². The average molecular weight is 474 g/mol. The molecule has 170 valence electrons.